The number of ether oxygens (including phenoxy) is 2. The van der Waals surface area contributed by atoms with E-state index < -0.39 is 12.2 Å². The predicted molar refractivity (Wildman–Crippen MR) is 100 cm³/mol. The quantitative estimate of drug-likeness (QED) is 0.885. The minimum absolute atomic E-state index is 0.0308. The van der Waals surface area contributed by atoms with Crippen LogP contribution in [0.25, 0.3) is 0 Å². The van der Waals surface area contributed by atoms with E-state index in [1.165, 1.54) is 11.8 Å². The molecular weight excluding hydrogens is 362 g/mol. The summed E-state index contributed by atoms with van der Waals surface area (Å²) >= 11 is 0. The molecule has 1 N–H and O–H groups in total. The summed E-state index contributed by atoms with van der Waals surface area (Å²) in [6.07, 6.45) is -0.674. The Hall–Kier alpha value is -3.55. The summed E-state index contributed by atoms with van der Waals surface area (Å²) in [6, 6.07) is 11.0. The van der Waals surface area contributed by atoms with Crippen LogP contribution in [0.15, 0.2) is 36.4 Å². The van der Waals surface area contributed by atoms with Gasteiger partial charge in [0.1, 0.15) is 6.10 Å². The molecule has 1 saturated heterocycles. The Morgan fingerprint density at radius 1 is 1.21 bits per heavy atom. The first kappa shape index (κ1) is 16.6. The van der Waals surface area contributed by atoms with Crippen molar-refractivity contribution in [3.63, 3.8) is 0 Å². The molecule has 8 nitrogen and oxygen atoms in total. The van der Waals surface area contributed by atoms with Gasteiger partial charge < -0.3 is 14.8 Å². The van der Waals surface area contributed by atoms with E-state index in [2.05, 4.69) is 5.32 Å². The Kier molecular flexibility index (Phi) is 3.55. The SMILES string of the molecule is CC(=O)NC[C@H]1CN(c2cc3c4c(c2)Oc2ccccc2N4C(=O)C3)C(=O)O1. The van der Waals surface area contributed by atoms with Gasteiger partial charge in [0.25, 0.3) is 0 Å². The number of fused-ring (bicyclic) bond motifs is 2. The van der Waals surface area contributed by atoms with Crippen molar-refractivity contribution in [1.82, 2.24) is 5.32 Å². The van der Waals surface area contributed by atoms with E-state index in [1.807, 2.05) is 30.3 Å². The predicted octanol–water partition coefficient (Wildman–Crippen LogP) is 2.47. The number of anilines is 3. The summed E-state index contributed by atoms with van der Waals surface area (Å²) in [5, 5.41) is 2.66. The molecule has 1 atom stereocenters. The van der Waals surface area contributed by atoms with E-state index in [0.29, 0.717) is 23.7 Å². The van der Waals surface area contributed by atoms with Crippen LogP contribution in [0.1, 0.15) is 12.5 Å². The molecule has 3 amide bonds. The van der Waals surface area contributed by atoms with E-state index >= 15 is 0 Å². The fourth-order valence-corrected chi connectivity index (χ4v) is 3.84. The van der Waals surface area contributed by atoms with Crippen molar-refractivity contribution in [2.24, 2.45) is 0 Å². The second-order valence-corrected chi connectivity index (χ2v) is 6.98. The number of nitrogens with zero attached hydrogens (tertiary/aromatic N) is 2. The minimum atomic E-state index is -0.486. The summed E-state index contributed by atoms with van der Waals surface area (Å²) < 4.78 is 11.4. The van der Waals surface area contributed by atoms with Gasteiger partial charge in [-0.15, -0.1) is 0 Å². The Morgan fingerprint density at radius 2 is 2.04 bits per heavy atom. The fraction of sp³-hybridized carbons (Fsp3) is 0.250. The molecule has 0 spiro atoms. The summed E-state index contributed by atoms with van der Waals surface area (Å²) in [6.45, 7) is 1.98. The summed E-state index contributed by atoms with van der Waals surface area (Å²) in [5.41, 5.74) is 2.88. The molecule has 2 aromatic rings. The van der Waals surface area contributed by atoms with E-state index in [1.54, 1.807) is 11.0 Å². The van der Waals surface area contributed by atoms with E-state index in [-0.39, 0.29) is 24.8 Å². The molecule has 0 unspecified atom stereocenters. The average molecular weight is 379 g/mol. The van der Waals surface area contributed by atoms with Gasteiger partial charge >= 0.3 is 6.09 Å². The third-order valence-electron chi connectivity index (χ3n) is 5.04. The number of carbonyl (C=O) groups is 3. The molecule has 8 heteroatoms. The van der Waals surface area contributed by atoms with Crippen molar-refractivity contribution in [2.75, 3.05) is 22.9 Å². The first-order valence-corrected chi connectivity index (χ1v) is 9.00. The van der Waals surface area contributed by atoms with Gasteiger partial charge in [0.2, 0.25) is 11.8 Å². The number of carbonyl (C=O) groups excluding carboxylic acids is 3. The van der Waals surface area contributed by atoms with Crippen LogP contribution in [0.4, 0.5) is 21.9 Å². The lowest BCUT2D eigenvalue weighted by Gasteiger charge is -2.28. The van der Waals surface area contributed by atoms with Crippen molar-refractivity contribution in [3.05, 3.63) is 42.0 Å². The van der Waals surface area contributed by atoms with Crippen LogP contribution in [0.3, 0.4) is 0 Å². The maximum Gasteiger partial charge on any atom is 0.414 e. The largest absolute Gasteiger partial charge is 0.453 e. The van der Waals surface area contributed by atoms with Gasteiger partial charge in [-0.25, -0.2) is 4.79 Å². The second-order valence-electron chi connectivity index (χ2n) is 6.98. The molecule has 3 heterocycles. The molecule has 0 radical (unpaired) electrons. The number of nitrogens with one attached hydrogen (secondary N) is 1. The number of rotatable bonds is 3. The number of hydrogen-bond donors (Lipinski definition) is 1. The topological polar surface area (TPSA) is 88.2 Å². The molecule has 142 valence electrons. The monoisotopic (exact) mass is 379 g/mol. The summed E-state index contributed by atoms with van der Waals surface area (Å²) in [7, 11) is 0. The lowest BCUT2D eigenvalue weighted by Crippen LogP contribution is -2.33. The normalized spacial score (nSPS) is 19.1. The van der Waals surface area contributed by atoms with Crippen LogP contribution in [0, 0.1) is 0 Å². The fourth-order valence-electron chi connectivity index (χ4n) is 3.84. The highest BCUT2D eigenvalue weighted by molar-refractivity contribution is 6.11. The number of cyclic esters (lactones) is 1. The molecule has 3 aliphatic heterocycles. The molecular formula is C20H17N3O5. The maximum absolute atomic E-state index is 12.6. The molecule has 0 bridgehead atoms. The van der Waals surface area contributed by atoms with Crippen LogP contribution in [-0.2, 0) is 20.7 Å². The van der Waals surface area contributed by atoms with E-state index in [4.69, 9.17) is 9.47 Å². The Morgan fingerprint density at radius 3 is 2.86 bits per heavy atom. The average Bonchev–Trinajstić information content (AvgIpc) is 3.20. The Bertz CT molecular complexity index is 1030. The Labute approximate surface area is 160 Å². The van der Waals surface area contributed by atoms with Gasteiger partial charge in [-0.2, -0.15) is 0 Å². The van der Waals surface area contributed by atoms with E-state index in [0.717, 1.165) is 16.9 Å². The number of amides is 3. The molecule has 2 aromatic carbocycles. The zero-order chi connectivity index (χ0) is 19.4. The molecule has 28 heavy (non-hydrogen) atoms. The van der Waals surface area contributed by atoms with E-state index in [9.17, 15) is 14.4 Å². The highest BCUT2D eigenvalue weighted by Crippen LogP contribution is 2.52. The van der Waals surface area contributed by atoms with Gasteiger partial charge in [-0.1, -0.05) is 12.1 Å². The number of para-hydroxylation sites is 2. The highest BCUT2D eigenvalue weighted by atomic mass is 16.6. The molecule has 5 rings (SSSR count). The first-order chi connectivity index (χ1) is 13.5. The molecule has 0 aromatic heterocycles. The third-order valence-corrected chi connectivity index (χ3v) is 5.04. The Balaban J connectivity index is 1.49. The molecule has 1 fully saturated rings. The number of benzene rings is 2. The van der Waals surface area contributed by atoms with Crippen molar-refractivity contribution < 1.29 is 23.9 Å². The van der Waals surface area contributed by atoms with Gasteiger partial charge in [0, 0.05) is 13.0 Å². The number of hydrogen-bond acceptors (Lipinski definition) is 5. The van der Waals surface area contributed by atoms with Gasteiger partial charge in [-0.05, 0) is 23.8 Å². The van der Waals surface area contributed by atoms with Crippen LogP contribution in [0.2, 0.25) is 0 Å². The zero-order valence-electron chi connectivity index (χ0n) is 15.1. The zero-order valence-corrected chi connectivity index (χ0v) is 15.1. The van der Waals surface area contributed by atoms with Crippen molar-refractivity contribution in [3.8, 4) is 11.5 Å². The summed E-state index contributed by atoms with van der Waals surface area (Å²) in [4.78, 5) is 39.2. The van der Waals surface area contributed by atoms with Crippen LogP contribution < -0.4 is 19.9 Å². The van der Waals surface area contributed by atoms with Crippen LogP contribution in [-0.4, -0.2) is 37.1 Å². The van der Waals surface area contributed by atoms with Crippen LogP contribution in [0.5, 0.6) is 11.5 Å². The van der Waals surface area contributed by atoms with Gasteiger partial charge in [0.15, 0.2) is 11.5 Å². The highest BCUT2D eigenvalue weighted by Gasteiger charge is 2.39. The lowest BCUT2D eigenvalue weighted by atomic mass is 10.1. The smallest absolute Gasteiger partial charge is 0.414 e. The molecule has 0 saturated carbocycles. The maximum atomic E-state index is 12.6. The van der Waals surface area contributed by atoms with Gasteiger partial charge in [-0.3, -0.25) is 19.4 Å². The minimum Gasteiger partial charge on any atom is -0.453 e. The summed E-state index contributed by atoms with van der Waals surface area (Å²) in [5.74, 6) is 0.926. The standard InChI is InChI=1S/C20H17N3O5/c1-11(24)21-9-14-10-22(20(26)27-14)13-6-12-7-18(25)23-15-4-2-3-5-16(15)28-17(8-13)19(12)23/h2-6,8,14H,7,9-10H2,1H3,(H,21,24)/t14-/m0/s1. The second kappa shape index (κ2) is 5.98. The van der Waals surface area contributed by atoms with Gasteiger partial charge in [0.05, 0.1) is 36.6 Å². The van der Waals surface area contributed by atoms with Crippen molar-refractivity contribution in [1.29, 1.82) is 0 Å². The lowest BCUT2D eigenvalue weighted by molar-refractivity contribution is -0.119. The van der Waals surface area contributed by atoms with Crippen molar-refractivity contribution >= 4 is 35.0 Å². The molecule has 3 aliphatic rings. The molecule has 0 aliphatic carbocycles. The van der Waals surface area contributed by atoms with Crippen molar-refractivity contribution in [2.45, 2.75) is 19.4 Å². The third kappa shape index (κ3) is 2.49. The first-order valence-electron chi connectivity index (χ1n) is 9.00. The van der Waals surface area contributed by atoms with Crippen LogP contribution >= 0.6 is 0 Å².